The summed E-state index contributed by atoms with van der Waals surface area (Å²) < 4.78 is 13.0. The summed E-state index contributed by atoms with van der Waals surface area (Å²) in [7, 11) is 0. The van der Waals surface area contributed by atoms with Crippen molar-refractivity contribution in [2.75, 3.05) is 6.54 Å². The van der Waals surface area contributed by atoms with Crippen LogP contribution in [0.3, 0.4) is 0 Å². The largest absolute Gasteiger partial charge is 0.350 e. The number of benzene rings is 2. The third kappa shape index (κ3) is 5.83. The van der Waals surface area contributed by atoms with E-state index in [0.717, 1.165) is 5.56 Å². The molecule has 2 amide bonds. The van der Waals surface area contributed by atoms with Crippen molar-refractivity contribution < 1.29 is 14.0 Å². The Bertz CT molecular complexity index is 753. The van der Waals surface area contributed by atoms with E-state index < -0.39 is 5.82 Å². The quantitative estimate of drug-likeness (QED) is 0.822. The van der Waals surface area contributed by atoms with E-state index in [2.05, 4.69) is 10.6 Å². The van der Waals surface area contributed by atoms with E-state index in [1.54, 1.807) is 24.3 Å². The lowest BCUT2D eigenvalue weighted by atomic mass is 10.1. The maximum Gasteiger partial charge on any atom is 0.239 e. The summed E-state index contributed by atoms with van der Waals surface area (Å²) in [6.45, 7) is 0.0635. The molecule has 0 heterocycles. The fourth-order valence-corrected chi connectivity index (χ4v) is 2.47. The van der Waals surface area contributed by atoms with Crippen molar-refractivity contribution in [2.45, 2.75) is 13.0 Å². The second kappa shape index (κ2) is 8.66. The number of nitrogens with one attached hydrogen (secondary N) is 2. The summed E-state index contributed by atoms with van der Waals surface area (Å²) in [6, 6.07) is 10.7. The molecule has 7 heteroatoms. The van der Waals surface area contributed by atoms with Gasteiger partial charge in [-0.3, -0.25) is 9.59 Å². The van der Waals surface area contributed by atoms with E-state index in [-0.39, 0.29) is 31.3 Å². The highest BCUT2D eigenvalue weighted by Gasteiger charge is 2.08. The van der Waals surface area contributed by atoms with Gasteiger partial charge in [-0.05, 0) is 35.4 Å². The Kier molecular flexibility index (Phi) is 6.58. The third-order valence-electron chi connectivity index (χ3n) is 3.19. The van der Waals surface area contributed by atoms with Crippen LogP contribution in [0.1, 0.15) is 11.1 Å². The van der Waals surface area contributed by atoms with Crippen molar-refractivity contribution in [3.8, 4) is 0 Å². The van der Waals surface area contributed by atoms with Gasteiger partial charge in [0.2, 0.25) is 11.8 Å². The van der Waals surface area contributed by atoms with E-state index in [4.69, 9.17) is 23.2 Å². The van der Waals surface area contributed by atoms with E-state index in [9.17, 15) is 14.0 Å². The average Bonchev–Trinajstić information content (AvgIpc) is 2.52. The summed E-state index contributed by atoms with van der Waals surface area (Å²) in [6.07, 6.45) is 0.00799. The standard InChI is InChI=1S/C17H15Cl2FN2O2/c18-13-5-4-12(15(19)8-13)9-21-17(24)10-22-16(23)7-11-2-1-3-14(20)6-11/h1-6,8H,7,9-10H2,(H,21,24)(H,22,23). The highest BCUT2D eigenvalue weighted by atomic mass is 35.5. The molecule has 4 nitrogen and oxygen atoms in total. The second-order valence-corrected chi connectivity index (χ2v) is 5.94. The Morgan fingerprint density at radius 1 is 1.00 bits per heavy atom. The van der Waals surface area contributed by atoms with Gasteiger partial charge in [0.1, 0.15) is 5.82 Å². The molecular weight excluding hydrogens is 354 g/mol. The maximum absolute atomic E-state index is 13.0. The van der Waals surface area contributed by atoms with Crippen LogP contribution in [0.15, 0.2) is 42.5 Å². The molecule has 2 N–H and O–H groups in total. The first-order valence-corrected chi connectivity index (χ1v) is 7.91. The van der Waals surface area contributed by atoms with Gasteiger partial charge in [-0.1, -0.05) is 41.4 Å². The molecule has 0 saturated carbocycles. The number of amides is 2. The minimum atomic E-state index is -0.405. The van der Waals surface area contributed by atoms with Crippen LogP contribution in [-0.2, 0) is 22.6 Å². The van der Waals surface area contributed by atoms with Gasteiger partial charge in [-0.25, -0.2) is 4.39 Å². The predicted octanol–water partition coefficient (Wildman–Crippen LogP) is 3.11. The van der Waals surface area contributed by atoms with Gasteiger partial charge in [-0.15, -0.1) is 0 Å². The zero-order valence-electron chi connectivity index (χ0n) is 12.6. The number of hydrogen-bond donors (Lipinski definition) is 2. The van der Waals surface area contributed by atoms with Gasteiger partial charge in [0.25, 0.3) is 0 Å². The fourth-order valence-electron chi connectivity index (χ4n) is 2.00. The van der Waals surface area contributed by atoms with Crippen LogP contribution >= 0.6 is 23.2 Å². The van der Waals surface area contributed by atoms with E-state index >= 15 is 0 Å². The highest BCUT2D eigenvalue weighted by Crippen LogP contribution is 2.20. The van der Waals surface area contributed by atoms with Gasteiger partial charge < -0.3 is 10.6 Å². The van der Waals surface area contributed by atoms with Crippen molar-refractivity contribution in [3.05, 3.63) is 69.5 Å². The lowest BCUT2D eigenvalue weighted by molar-refractivity contribution is -0.125. The molecule has 0 aromatic heterocycles. The van der Waals surface area contributed by atoms with Crippen LogP contribution < -0.4 is 10.6 Å². The van der Waals surface area contributed by atoms with Crippen LogP contribution in [-0.4, -0.2) is 18.4 Å². The zero-order valence-corrected chi connectivity index (χ0v) is 14.1. The van der Waals surface area contributed by atoms with Crippen molar-refractivity contribution in [3.63, 3.8) is 0 Å². The van der Waals surface area contributed by atoms with Gasteiger partial charge >= 0.3 is 0 Å². The van der Waals surface area contributed by atoms with Crippen molar-refractivity contribution in [1.82, 2.24) is 10.6 Å². The maximum atomic E-state index is 13.0. The predicted molar refractivity (Wildman–Crippen MR) is 91.4 cm³/mol. The molecule has 2 aromatic rings. The van der Waals surface area contributed by atoms with Crippen molar-refractivity contribution in [2.24, 2.45) is 0 Å². The molecule has 2 aromatic carbocycles. The van der Waals surface area contributed by atoms with Gasteiger partial charge in [0, 0.05) is 16.6 Å². The number of carbonyl (C=O) groups excluding carboxylic acids is 2. The monoisotopic (exact) mass is 368 g/mol. The number of rotatable bonds is 6. The summed E-state index contributed by atoms with van der Waals surface area (Å²) >= 11 is 11.8. The molecule has 0 radical (unpaired) electrons. The lowest BCUT2D eigenvalue weighted by Gasteiger charge is -2.08. The van der Waals surface area contributed by atoms with Gasteiger partial charge in [0.15, 0.2) is 0 Å². The van der Waals surface area contributed by atoms with Crippen LogP contribution in [0.25, 0.3) is 0 Å². The normalized spacial score (nSPS) is 10.3. The molecule has 2 rings (SSSR count). The smallest absolute Gasteiger partial charge is 0.239 e. The molecule has 0 aliphatic heterocycles. The topological polar surface area (TPSA) is 58.2 Å². The molecule has 0 bridgehead atoms. The Balaban J connectivity index is 1.75. The Morgan fingerprint density at radius 2 is 1.79 bits per heavy atom. The molecule has 0 spiro atoms. The lowest BCUT2D eigenvalue weighted by Crippen LogP contribution is -2.37. The van der Waals surface area contributed by atoms with Crippen molar-refractivity contribution >= 4 is 35.0 Å². The second-order valence-electron chi connectivity index (χ2n) is 5.10. The molecular formula is C17H15Cl2FN2O2. The zero-order chi connectivity index (χ0) is 17.5. The summed E-state index contributed by atoms with van der Waals surface area (Å²) in [5.74, 6) is -1.12. The Morgan fingerprint density at radius 3 is 2.50 bits per heavy atom. The van der Waals surface area contributed by atoms with Gasteiger partial charge in [-0.2, -0.15) is 0 Å². The van der Waals surface area contributed by atoms with E-state index in [1.807, 2.05) is 0 Å². The van der Waals surface area contributed by atoms with Crippen LogP contribution in [0.5, 0.6) is 0 Å². The first kappa shape index (κ1) is 18.2. The van der Waals surface area contributed by atoms with Crippen LogP contribution in [0.4, 0.5) is 4.39 Å². The van der Waals surface area contributed by atoms with E-state index in [0.29, 0.717) is 15.6 Å². The molecule has 0 aliphatic carbocycles. The minimum Gasteiger partial charge on any atom is -0.350 e. The van der Waals surface area contributed by atoms with Gasteiger partial charge in [0.05, 0.1) is 13.0 Å². The molecule has 0 fully saturated rings. The first-order valence-electron chi connectivity index (χ1n) is 7.16. The minimum absolute atomic E-state index is 0.00799. The summed E-state index contributed by atoms with van der Waals surface area (Å²) in [5.41, 5.74) is 1.27. The number of halogens is 3. The van der Waals surface area contributed by atoms with Crippen LogP contribution in [0.2, 0.25) is 10.0 Å². The molecule has 0 aliphatic rings. The highest BCUT2D eigenvalue weighted by molar-refractivity contribution is 6.35. The van der Waals surface area contributed by atoms with Crippen molar-refractivity contribution in [1.29, 1.82) is 0 Å². The first-order chi connectivity index (χ1) is 11.4. The molecule has 0 unspecified atom stereocenters. The fraction of sp³-hybridized carbons (Fsp3) is 0.176. The van der Waals surface area contributed by atoms with E-state index in [1.165, 1.54) is 18.2 Å². The average molecular weight is 369 g/mol. The molecule has 0 saturated heterocycles. The molecule has 126 valence electrons. The Labute approximate surface area is 149 Å². The Hall–Kier alpha value is -2.11. The SMILES string of the molecule is O=C(CNC(=O)Cc1cccc(F)c1)NCc1ccc(Cl)cc1Cl. The number of carbonyl (C=O) groups is 2. The number of hydrogen-bond acceptors (Lipinski definition) is 2. The molecule has 24 heavy (non-hydrogen) atoms. The van der Waals surface area contributed by atoms with Crippen LogP contribution in [0, 0.1) is 5.82 Å². The summed E-state index contributed by atoms with van der Waals surface area (Å²) in [4.78, 5) is 23.5. The third-order valence-corrected chi connectivity index (χ3v) is 3.78. The summed E-state index contributed by atoms with van der Waals surface area (Å²) in [5, 5.41) is 6.10. The molecule has 0 atom stereocenters.